The minimum absolute atomic E-state index is 0.0309. The predicted octanol–water partition coefficient (Wildman–Crippen LogP) is 1.52. The molecule has 1 aliphatic heterocycles. The summed E-state index contributed by atoms with van der Waals surface area (Å²) in [6, 6.07) is 7.55. The molecule has 1 fully saturated rings. The second kappa shape index (κ2) is 9.00. The molecule has 0 aliphatic carbocycles. The molecule has 0 radical (unpaired) electrons. The predicted molar refractivity (Wildman–Crippen MR) is 99.3 cm³/mol. The number of aromatic nitrogens is 2. The number of nitrogens with zero attached hydrogens (tertiary/aromatic N) is 2. The molecule has 2 aromatic rings. The minimum Gasteiger partial charge on any atom is -0.379 e. The molecule has 2 heterocycles. The lowest BCUT2D eigenvalue weighted by Crippen LogP contribution is -2.33. The number of rotatable bonds is 9. The summed E-state index contributed by atoms with van der Waals surface area (Å²) in [5.74, 6) is -0.162. The number of para-hydroxylation sites is 2. The third kappa shape index (κ3) is 4.34. The first-order valence-electron chi connectivity index (χ1n) is 9.34. The Labute approximate surface area is 152 Å². The first kappa shape index (κ1) is 18.7. The van der Waals surface area contributed by atoms with E-state index in [9.17, 15) is 9.59 Å². The van der Waals surface area contributed by atoms with Crippen LogP contribution in [0.25, 0.3) is 11.0 Å². The second-order valence-corrected chi connectivity index (χ2v) is 6.52. The monoisotopic (exact) mass is 361 g/mol. The zero-order valence-corrected chi connectivity index (χ0v) is 15.3. The Bertz CT molecular complexity index is 790. The molecule has 3 rings (SSSR count). The van der Waals surface area contributed by atoms with E-state index in [2.05, 4.69) is 5.32 Å². The van der Waals surface area contributed by atoms with Crippen LogP contribution < -0.4 is 11.0 Å². The second-order valence-electron chi connectivity index (χ2n) is 6.52. The zero-order valence-electron chi connectivity index (χ0n) is 15.3. The zero-order chi connectivity index (χ0) is 18.4. The SMILES string of the molecule is CCn1c(=O)n(CC(=O)NCCCOCC2CCCO2)c2ccccc21. The number of ether oxygens (including phenoxy) is 2. The number of fused-ring (bicyclic) bond motifs is 1. The van der Waals surface area contributed by atoms with Gasteiger partial charge in [-0.25, -0.2) is 4.79 Å². The fraction of sp³-hybridized carbons (Fsp3) is 0.579. The van der Waals surface area contributed by atoms with Gasteiger partial charge in [0.2, 0.25) is 5.91 Å². The molecule has 1 aromatic heterocycles. The smallest absolute Gasteiger partial charge is 0.329 e. The average Bonchev–Trinajstić information content (AvgIpc) is 3.25. The number of imidazole rings is 1. The summed E-state index contributed by atoms with van der Waals surface area (Å²) < 4.78 is 14.3. The van der Waals surface area contributed by atoms with Crippen LogP contribution in [0.4, 0.5) is 0 Å². The van der Waals surface area contributed by atoms with Gasteiger partial charge in [-0.2, -0.15) is 0 Å². The molecule has 0 spiro atoms. The lowest BCUT2D eigenvalue weighted by molar-refractivity contribution is -0.121. The Morgan fingerprint density at radius 2 is 2.08 bits per heavy atom. The fourth-order valence-electron chi connectivity index (χ4n) is 3.32. The van der Waals surface area contributed by atoms with Gasteiger partial charge in [0, 0.05) is 26.3 Å². The van der Waals surface area contributed by atoms with Crippen molar-refractivity contribution in [2.45, 2.75) is 45.4 Å². The summed E-state index contributed by atoms with van der Waals surface area (Å²) in [4.78, 5) is 24.7. The summed E-state index contributed by atoms with van der Waals surface area (Å²) >= 11 is 0. The highest BCUT2D eigenvalue weighted by atomic mass is 16.5. The van der Waals surface area contributed by atoms with Gasteiger partial charge in [-0.05, 0) is 38.3 Å². The van der Waals surface area contributed by atoms with Gasteiger partial charge >= 0.3 is 5.69 Å². The van der Waals surface area contributed by atoms with Crippen LogP contribution in [0.3, 0.4) is 0 Å². The quantitative estimate of drug-likeness (QED) is 0.688. The number of aryl methyl sites for hydroxylation is 1. The van der Waals surface area contributed by atoms with Crippen LogP contribution in [0.5, 0.6) is 0 Å². The van der Waals surface area contributed by atoms with E-state index < -0.39 is 0 Å². The van der Waals surface area contributed by atoms with Crippen LogP contribution in [0.15, 0.2) is 29.1 Å². The van der Waals surface area contributed by atoms with Gasteiger partial charge in [-0.3, -0.25) is 13.9 Å². The van der Waals surface area contributed by atoms with Crippen molar-refractivity contribution in [1.82, 2.24) is 14.5 Å². The molecule has 1 aliphatic rings. The van der Waals surface area contributed by atoms with Crippen molar-refractivity contribution in [3.63, 3.8) is 0 Å². The van der Waals surface area contributed by atoms with E-state index in [0.29, 0.717) is 26.3 Å². The molecule has 1 atom stereocenters. The van der Waals surface area contributed by atoms with Crippen molar-refractivity contribution in [2.24, 2.45) is 0 Å². The molecule has 7 heteroatoms. The summed E-state index contributed by atoms with van der Waals surface area (Å²) in [5.41, 5.74) is 1.49. The maximum absolute atomic E-state index is 12.5. The molecule has 0 bridgehead atoms. The van der Waals surface area contributed by atoms with Gasteiger partial charge in [0.15, 0.2) is 0 Å². The largest absolute Gasteiger partial charge is 0.379 e. The van der Waals surface area contributed by atoms with Crippen LogP contribution in [0.1, 0.15) is 26.2 Å². The molecule has 1 saturated heterocycles. The number of carbonyl (C=O) groups is 1. The number of carbonyl (C=O) groups excluding carboxylic acids is 1. The maximum Gasteiger partial charge on any atom is 0.329 e. The third-order valence-corrected chi connectivity index (χ3v) is 4.66. The summed E-state index contributed by atoms with van der Waals surface area (Å²) in [7, 11) is 0. The number of nitrogens with one attached hydrogen (secondary N) is 1. The Balaban J connectivity index is 1.45. The molecule has 1 aromatic carbocycles. The van der Waals surface area contributed by atoms with E-state index in [-0.39, 0.29) is 24.2 Å². The highest BCUT2D eigenvalue weighted by molar-refractivity contribution is 5.80. The maximum atomic E-state index is 12.5. The van der Waals surface area contributed by atoms with Gasteiger partial charge in [0.1, 0.15) is 6.54 Å². The number of hydrogen-bond donors (Lipinski definition) is 1. The van der Waals surface area contributed by atoms with E-state index in [0.717, 1.165) is 36.9 Å². The Morgan fingerprint density at radius 3 is 2.77 bits per heavy atom. The first-order chi connectivity index (χ1) is 12.7. The third-order valence-electron chi connectivity index (χ3n) is 4.66. The van der Waals surface area contributed by atoms with Gasteiger partial charge < -0.3 is 14.8 Å². The summed E-state index contributed by atoms with van der Waals surface area (Å²) in [6.07, 6.45) is 3.14. The molecule has 7 nitrogen and oxygen atoms in total. The Kier molecular flexibility index (Phi) is 6.46. The normalized spacial score (nSPS) is 17.0. The van der Waals surface area contributed by atoms with Gasteiger partial charge in [-0.1, -0.05) is 12.1 Å². The van der Waals surface area contributed by atoms with Crippen molar-refractivity contribution < 1.29 is 14.3 Å². The van der Waals surface area contributed by atoms with Crippen LogP contribution in [-0.4, -0.2) is 47.5 Å². The average molecular weight is 361 g/mol. The van der Waals surface area contributed by atoms with Crippen molar-refractivity contribution in [1.29, 1.82) is 0 Å². The van der Waals surface area contributed by atoms with Crippen molar-refractivity contribution in [2.75, 3.05) is 26.4 Å². The van der Waals surface area contributed by atoms with Gasteiger partial charge in [-0.15, -0.1) is 0 Å². The van der Waals surface area contributed by atoms with E-state index in [1.54, 1.807) is 4.57 Å². The molecule has 142 valence electrons. The highest BCUT2D eigenvalue weighted by Crippen LogP contribution is 2.13. The number of amides is 1. The molecular formula is C19H27N3O4. The van der Waals surface area contributed by atoms with E-state index >= 15 is 0 Å². The van der Waals surface area contributed by atoms with E-state index in [4.69, 9.17) is 9.47 Å². The molecule has 1 unspecified atom stereocenters. The molecule has 0 saturated carbocycles. The lowest BCUT2D eigenvalue weighted by atomic mass is 10.2. The van der Waals surface area contributed by atoms with E-state index in [1.165, 1.54) is 4.57 Å². The summed E-state index contributed by atoms with van der Waals surface area (Å²) in [5, 5.41) is 2.86. The van der Waals surface area contributed by atoms with Crippen molar-refractivity contribution in [3.8, 4) is 0 Å². The molecule has 1 N–H and O–H groups in total. The number of hydrogen-bond acceptors (Lipinski definition) is 4. The fourth-order valence-corrected chi connectivity index (χ4v) is 3.32. The first-order valence-corrected chi connectivity index (χ1v) is 9.34. The van der Waals surface area contributed by atoms with Gasteiger partial charge in [0.25, 0.3) is 0 Å². The van der Waals surface area contributed by atoms with Crippen LogP contribution in [-0.2, 0) is 27.4 Å². The summed E-state index contributed by atoms with van der Waals surface area (Å²) in [6.45, 7) is 5.12. The molecule has 26 heavy (non-hydrogen) atoms. The van der Waals surface area contributed by atoms with Gasteiger partial charge in [0.05, 0.1) is 23.7 Å². The molecule has 1 amide bonds. The minimum atomic E-state index is -0.162. The van der Waals surface area contributed by atoms with Crippen molar-refractivity contribution >= 4 is 16.9 Å². The standard InChI is InChI=1S/C19H27N3O4/c1-2-21-16-8-3-4-9-17(16)22(19(21)24)13-18(23)20-10-6-11-25-14-15-7-5-12-26-15/h3-4,8-9,15H,2,5-7,10-14H2,1H3,(H,20,23). The Hall–Kier alpha value is -2.12. The van der Waals surface area contributed by atoms with Crippen LogP contribution >= 0.6 is 0 Å². The lowest BCUT2D eigenvalue weighted by Gasteiger charge is -2.10. The Morgan fingerprint density at radius 1 is 1.31 bits per heavy atom. The van der Waals surface area contributed by atoms with Crippen LogP contribution in [0, 0.1) is 0 Å². The topological polar surface area (TPSA) is 74.5 Å². The van der Waals surface area contributed by atoms with E-state index in [1.807, 2.05) is 31.2 Å². The molecular weight excluding hydrogens is 334 g/mol. The number of benzene rings is 1. The van der Waals surface area contributed by atoms with Crippen LogP contribution in [0.2, 0.25) is 0 Å². The van der Waals surface area contributed by atoms with Crippen molar-refractivity contribution in [3.05, 3.63) is 34.7 Å². The highest BCUT2D eigenvalue weighted by Gasteiger charge is 2.15.